The van der Waals surface area contributed by atoms with E-state index in [1.165, 1.54) is 0 Å². The van der Waals surface area contributed by atoms with E-state index in [0.29, 0.717) is 24.4 Å². The number of fused-ring (bicyclic) bond motifs is 3. The molecule has 1 aliphatic heterocycles. The first-order valence-corrected chi connectivity index (χ1v) is 8.77. The van der Waals surface area contributed by atoms with Crippen LogP contribution in [0.5, 0.6) is 0 Å². The Morgan fingerprint density at radius 3 is 3.08 bits per heavy atom. The fourth-order valence-electron chi connectivity index (χ4n) is 3.92. The minimum absolute atomic E-state index is 0.0310. The molecule has 0 saturated carbocycles. The lowest BCUT2D eigenvalue weighted by atomic mass is 9.92. The molecule has 4 rings (SSSR count). The number of nitrogens with zero attached hydrogens (tertiary/aromatic N) is 3. The van der Waals surface area contributed by atoms with Crippen LogP contribution >= 0.6 is 0 Å². The van der Waals surface area contributed by atoms with Gasteiger partial charge in [-0.25, -0.2) is 9.97 Å². The van der Waals surface area contributed by atoms with Crippen LogP contribution in [-0.4, -0.2) is 33.4 Å². The first-order valence-electron chi connectivity index (χ1n) is 8.77. The summed E-state index contributed by atoms with van der Waals surface area (Å²) < 4.78 is 2.12. The van der Waals surface area contributed by atoms with Crippen molar-refractivity contribution in [3.05, 3.63) is 40.9 Å². The molecule has 0 aromatic carbocycles. The van der Waals surface area contributed by atoms with Crippen molar-refractivity contribution < 1.29 is 9.78 Å². The summed E-state index contributed by atoms with van der Waals surface area (Å²) in [6.45, 7) is 3.39. The third kappa shape index (κ3) is 2.54. The lowest BCUT2D eigenvalue weighted by Gasteiger charge is -2.38. The highest BCUT2D eigenvalue weighted by Gasteiger charge is 2.31. The van der Waals surface area contributed by atoms with Crippen LogP contribution < -0.4 is 10.4 Å². The van der Waals surface area contributed by atoms with Gasteiger partial charge in [0.2, 0.25) is 5.91 Å². The van der Waals surface area contributed by atoms with Crippen molar-refractivity contribution in [2.75, 3.05) is 13.1 Å². The lowest BCUT2D eigenvalue weighted by Crippen LogP contribution is -2.44. The smallest absolute Gasteiger partial charge is 0.286 e. The van der Waals surface area contributed by atoms with E-state index in [2.05, 4.69) is 21.5 Å². The average molecular weight is 350 g/mol. The predicted octanol–water partition coefficient (Wildman–Crippen LogP) is 1.62. The Morgan fingerprint density at radius 2 is 2.27 bits per heavy atom. The summed E-state index contributed by atoms with van der Waals surface area (Å²) in [5.74, 6) is 0.222. The van der Waals surface area contributed by atoms with Crippen molar-refractivity contribution in [2.45, 2.75) is 25.8 Å². The molecule has 1 saturated heterocycles. The van der Waals surface area contributed by atoms with E-state index in [4.69, 9.17) is 5.26 Å². The lowest BCUT2D eigenvalue weighted by molar-refractivity contribution is -0.345. The fraction of sp³-hybridized carbons (Fsp3) is 0.368. The van der Waals surface area contributed by atoms with Gasteiger partial charge in [0.15, 0.2) is 5.43 Å². The van der Waals surface area contributed by atoms with Crippen molar-refractivity contribution in [1.29, 1.82) is 5.26 Å². The number of nitrogens with one attached hydrogen (secondary N) is 2. The standard InChI is InChI=1S/C19H19N5O2/c1-12-4-8-23(17(26)2-6-20)11-15(12)24-9-5-16(25)14-10-22-19-13(18(14)24)3-7-21-19/h3,5,7,9-10,12,15H,2,4,8,11H2,1H3,(H,21,22)/p+1. The molecule has 2 N–H and O–H groups in total. The zero-order valence-electron chi connectivity index (χ0n) is 14.5. The average Bonchev–Trinajstić information content (AvgIpc) is 3.12. The maximum Gasteiger partial charge on any atom is 0.286 e. The molecule has 1 amide bonds. The van der Waals surface area contributed by atoms with E-state index in [-0.39, 0.29) is 23.8 Å². The van der Waals surface area contributed by atoms with Gasteiger partial charge in [-0.3, -0.25) is 9.59 Å². The summed E-state index contributed by atoms with van der Waals surface area (Å²) in [4.78, 5) is 32.6. The number of aromatic nitrogens is 3. The third-order valence-electron chi connectivity index (χ3n) is 5.39. The molecule has 2 unspecified atom stereocenters. The van der Waals surface area contributed by atoms with E-state index in [0.717, 1.165) is 23.0 Å². The van der Waals surface area contributed by atoms with Crippen molar-refractivity contribution in [3.8, 4) is 6.07 Å². The highest BCUT2D eigenvalue weighted by Crippen LogP contribution is 2.31. The fourth-order valence-corrected chi connectivity index (χ4v) is 3.92. The normalized spacial score (nSPS) is 20.4. The molecule has 1 aliphatic rings. The largest absolute Gasteiger partial charge is 0.341 e. The number of piperidine rings is 1. The number of amides is 1. The Bertz CT molecular complexity index is 1090. The number of carbonyl (C=O) groups excluding carboxylic acids is 1. The first kappa shape index (κ1) is 16.3. The highest BCUT2D eigenvalue weighted by atomic mass is 16.2. The number of rotatable bonds is 2. The second-order valence-electron chi connectivity index (χ2n) is 6.91. The molecule has 0 bridgehead atoms. The maximum absolute atomic E-state index is 12.4. The molecular weight excluding hydrogens is 330 g/mol. The quantitative estimate of drug-likeness (QED) is 0.760. The van der Waals surface area contributed by atoms with E-state index in [1.807, 2.05) is 24.5 Å². The van der Waals surface area contributed by atoms with Crippen LogP contribution in [-0.2, 0) is 4.79 Å². The summed E-state index contributed by atoms with van der Waals surface area (Å²) in [5, 5.41) is 10.4. The van der Waals surface area contributed by atoms with Crippen molar-refractivity contribution >= 4 is 27.8 Å². The summed E-state index contributed by atoms with van der Waals surface area (Å²) >= 11 is 0. The van der Waals surface area contributed by atoms with E-state index < -0.39 is 0 Å². The topological polar surface area (TPSA) is 96.0 Å². The van der Waals surface area contributed by atoms with Gasteiger partial charge in [-0.2, -0.15) is 5.26 Å². The van der Waals surface area contributed by atoms with Crippen molar-refractivity contribution in [2.24, 2.45) is 5.92 Å². The van der Waals surface area contributed by atoms with Crippen molar-refractivity contribution in [1.82, 2.24) is 14.5 Å². The summed E-state index contributed by atoms with van der Waals surface area (Å²) in [6, 6.07) is 5.53. The second kappa shape index (κ2) is 6.30. The number of pyridine rings is 2. The van der Waals surface area contributed by atoms with Gasteiger partial charge in [0.05, 0.1) is 34.6 Å². The van der Waals surface area contributed by atoms with E-state index in [9.17, 15) is 9.59 Å². The second-order valence-corrected chi connectivity index (χ2v) is 6.91. The Hall–Kier alpha value is -3.14. The molecule has 7 heteroatoms. The number of nitriles is 1. The van der Waals surface area contributed by atoms with Crippen LogP contribution in [0.2, 0.25) is 0 Å². The minimum Gasteiger partial charge on any atom is -0.341 e. The molecule has 3 aromatic heterocycles. The Balaban J connectivity index is 1.86. The van der Waals surface area contributed by atoms with Crippen LogP contribution in [0.25, 0.3) is 21.9 Å². The van der Waals surface area contributed by atoms with Gasteiger partial charge in [-0.05, 0) is 18.4 Å². The van der Waals surface area contributed by atoms with Gasteiger partial charge in [-0.15, -0.1) is 0 Å². The van der Waals surface area contributed by atoms with Gasteiger partial charge in [0, 0.05) is 25.4 Å². The first-order chi connectivity index (χ1) is 12.6. The molecule has 132 valence electrons. The molecule has 0 aliphatic carbocycles. The Kier molecular flexibility index (Phi) is 3.96. The number of H-pyrrole nitrogens is 2. The molecule has 1 fully saturated rings. The Labute approximate surface area is 149 Å². The maximum atomic E-state index is 12.4. The molecule has 0 spiro atoms. The van der Waals surface area contributed by atoms with E-state index in [1.54, 1.807) is 17.2 Å². The summed E-state index contributed by atoms with van der Waals surface area (Å²) in [7, 11) is 0. The summed E-state index contributed by atoms with van der Waals surface area (Å²) in [6.07, 6.45) is 6.18. The minimum atomic E-state index is -0.130. The number of carbonyl (C=O) groups is 1. The highest BCUT2D eigenvalue weighted by molar-refractivity contribution is 6.00. The zero-order valence-corrected chi connectivity index (χ0v) is 14.5. The molecule has 7 nitrogen and oxygen atoms in total. The molecule has 4 heterocycles. The Morgan fingerprint density at radius 1 is 1.42 bits per heavy atom. The molecule has 3 aromatic rings. The van der Waals surface area contributed by atoms with Gasteiger partial charge < -0.3 is 9.47 Å². The monoisotopic (exact) mass is 350 g/mol. The molecule has 2 atom stereocenters. The van der Waals surface area contributed by atoms with Crippen LogP contribution in [0.1, 0.15) is 25.8 Å². The van der Waals surface area contributed by atoms with Crippen LogP contribution in [0, 0.1) is 17.2 Å². The van der Waals surface area contributed by atoms with Gasteiger partial charge in [0.25, 0.3) is 5.65 Å². The molecule has 0 radical (unpaired) electrons. The van der Waals surface area contributed by atoms with Crippen LogP contribution in [0.15, 0.2) is 35.5 Å². The third-order valence-corrected chi connectivity index (χ3v) is 5.39. The zero-order chi connectivity index (χ0) is 18.3. The van der Waals surface area contributed by atoms with Crippen LogP contribution in [0.3, 0.4) is 0 Å². The van der Waals surface area contributed by atoms with Crippen LogP contribution in [0.4, 0.5) is 0 Å². The SMILES string of the molecule is CC1CCN(C(=O)CC#N)CC1n1ccc(=O)c2c[nH+]c3[nH]ccc3c21. The van der Waals surface area contributed by atoms with Gasteiger partial charge in [-0.1, -0.05) is 6.92 Å². The van der Waals surface area contributed by atoms with Gasteiger partial charge in [0.1, 0.15) is 12.6 Å². The number of hydrogen-bond acceptors (Lipinski definition) is 3. The van der Waals surface area contributed by atoms with Crippen molar-refractivity contribution in [3.63, 3.8) is 0 Å². The number of likely N-dealkylation sites (tertiary alicyclic amines) is 1. The number of hydrogen-bond donors (Lipinski definition) is 1. The molecular formula is C19H20N5O2+. The van der Waals surface area contributed by atoms with Gasteiger partial charge >= 0.3 is 0 Å². The number of aromatic amines is 2. The summed E-state index contributed by atoms with van der Waals surface area (Å²) in [5.41, 5.74) is 1.70. The van der Waals surface area contributed by atoms with E-state index >= 15 is 0 Å². The predicted molar refractivity (Wildman–Crippen MR) is 96.2 cm³/mol. The molecule has 26 heavy (non-hydrogen) atoms.